The van der Waals surface area contributed by atoms with Crippen LogP contribution in [-0.2, 0) is 0 Å². The third kappa shape index (κ3) is 2.58. The van der Waals surface area contributed by atoms with Crippen molar-refractivity contribution < 1.29 is 0 Å². The van der Waals surface area contributed by atoms with Gasteiger partial charge in [-0.1, -0.05) is 0 Å². The molecule has 0 atom stereocenters. The Kier molecular flexibility index (Phi) is 4.62. The molecule has 0 radical (unpaired) electrons. The Bertz CT molecular complexity index is 279. The van der Waals surface area contributed by atoms with Crippen LogP contribution in [0.5, 0.6) is 0 Å². The van der Waals surface area contributed by atoms with Crippen LogP contribution >= 0.6 is 0 Å². The molecule has 2 heteroatoms. The van der Waals surface area contributed by atoms with Crippen LogP contribution in [0.15, 0.2) is 24.3 Å². The van der Waals surface area contributed by atoms with Crippen molar-refractivity contribution in [1.29, 1.82) is 0 Å². The zero-order valence-electron chi connectivity index (χ0n) is 9.75. The summed E-state index contributed by atoms with van der Waals surface area (Å²) in [6, 6.07) is 8.92. The Labute approximate surface area is 93.2 Å². The molecule has 0 aromatic heterocycles. The summed E-state index contributed by atoms with van der Waals surface area (Å²) in [6.07, 6.45) is 0. The first-order chi connectivity index (χ1) is 6.70. The van der Waals surface area contributed by atoms with Gasteiger partial charge in [-0.15, -0.1) is 0 Å². The number of hydrogen-bond donors (Lipinski definition) is 0. The summed E-state index contributed by atoms with van der Waals surface area (Å²) in [5.74, 6) is 0. The van der Waals surface area contributed by atoms with Crippen molar-refractivity contribution in [3.05, 3.63) is 24.3 Å². The molecular weight excluding hydrogens is 228 g/mol. The van der Waals surface area contributed by atoms with Gasteiger partial charge < -0.3 is 0 Å². The molecular formula is C12H20GaN. The molecule has 14 heavy (non-hydrogen) atoms. The topological polar surface area (TPSA) is 3.24 Å². The molecule has 0 unspecified atom stereocenters. The van der Waals surface area contributed by atoms with E-state index in [4.69, 9.17) is 0 Å². The summed E-state index contributed by atoms with van der Waals surface area (Å²) >= 11 is -1.15. The molecule has 76 valence electrons. The zero-order valence-corrected chi connectivity index (χ0v) is 12.2. The van der Waals surface area contributed by atoms with Gasteiger partial charge in [0.2, 0.25) is 0 Å². The molecule has 0 aliphatic heterocycles. The van der Waals surface area contributed by atoms with Gasteiger partial charge in [-0.25, -0.2) is 0 Å². The van der Waals surface area contributed by atoms with Crippen LogP contribution < -0.4 is 9.02 Å². The number of anilines is 1. The Hall–Kier alpha value is -0.344. The molecule has 0 spiro atoms. The van der Waals surface area contributed by atoms with Crippen molar-refractivity contribution in [2.45, 2.75) is 24.8 Å². The van der Waals surface area contributed by atoms with Crippen molar-refractivity contribution in [2.24, 2.45) is 0 Å². The van der Waals surface area contributed by atoms with E-state index in [1.54, 1.807) is 4.12 Å². The molecule has 0 amide bonds. The normalized spacial score (nSPS) is 10.0. The van der Waals surface area contributed by atoms with Gasteiger partial charge >= 0.3 is 93.1 Å². The van der Waals surface area contributed by atoms with Crippen molar-refractivity contribution >= 4 is 26.0 Å². The minimum absolute atomic E-state index is 1.11. The fourth-order valence-corrected chi connectivity index (χ4v) is 4.69. The summed E-state index contributed by atoms with van der Waals surface area (Å²) in [4.78, 5) is 2.46. The van der Waals surface area contributed by atoms with Gasteiger partial charge in [0.25, 0.3) is 0 Å². The van der Waals surface area contributed by atoms with Crippen LogP contribution in [0.3, 0.4) is 0 Å². The average Bonchev–Trinajstić information content (AvgIpc) is 2.20. The molecule has 0 aliphatic rings. The van der Waals surface area contributed by atoms with E-state index in [1.165, 1.54) is 5.69 Å². The number of nitrogens with zero attached hydrogens (tertiary/aromatic N) is 1. The maximum atomic E-state index is 2.46. The van der Waals surface area contributed by atoms with Crippen LogP contribution in [0.4, 0.5) is 5.69 Å². The maximum absolute atomic E-state index is 2.46. The molecule has 0 aliphatic carbocycles. The Morgan fingerprint density at radius 1 is 1.07 bits per heavy atom. The Morgan fingerprint density at radius 2 is 1.64 bits per heavy atom. The number of rotatable bonds is 4. The van der Waals surface area contributed by atoms with Crippen molar-refractivity contribution in [3.8, 4) is 0 Å². The fraction of sp³-hybridized carbons (Fsp3) is 0.500. The molecule has 1 rings (SSSR count). The first kappa shape index (κ1) is 11.7. The van der Waals surface area contributed by atoms with E-state index in [0.29, 0.717) is 0 Å². The van der Waals surface area contributed by atoms with E-state index >= 15 is 0 Å². The fourth-order valence-electron chi connectivity index (χ4n) is 1.83. The summed E-state index contributed by atoms with van der Waals surface area (Å²) in [5.41, 5.74) is 6.36. The number of hydrogen-bond acceptors (Lipinski definition) is 1. The van der Waals surface area contributed by atoms with Gasteiger partial charge in [-0.05, 0) is 0 Å². The Balaban J connectivity index is 3.05. The molecule has 0 N–H and O–H groups in total. The predicted molar refractivity (Wildman–Crippen MR) is 67.1 cm³/mol. The van der Waals surface area contributed by atoms with Crippen molar-refractivity contribution in [1.82, 2.24) is 0 Å². The van der Waals surface area contributed by atoms with E-state index in [0.717, 1.165) is 13.1 Å². The van der Waals surface area contributed by atoms with E-state index in [1.807, 2.05) is 0 Å². The van der Waals surface area contributed by atoms with Crippen molar-refractivity contribution in [2.75, 3.05) is 18.0 Å². The summed E-state index contributed by atoms with van der Waals surface area (Å²) in [5, 5.41) is 0. The first-order valence-corrected chi connectivity index (χ1v) is 11.6. The SMILES string of the molecule is CCN(CC)c1cccc[c]1[Ga]([CH3])[CH3]. The van der Waals surface area contributed by atoms with E-state index in [-0.39, 0.29) is 0 Å². The van der Waals surface area contributed by atoms with Gasteiger partial charge in [0.05, 0.1) is 0 Å². The van der Waals surface area contributed by atoms with Gasteiger partial charge in [0.1, 0.15) is 0 Å². The second kappa shape index (κ2) is 5.52. The third-order valence-corrected chi connectivity index (χ3v) is 6.30. The molecule has 0 bridgehead atoms. The van der Waals surface area contributed by atoms with Crippen molar-refractivity contribution in [3.63, 3.8) is 0 Å². The number of benzene rings is 1. The summed E-state index contributed by atoms with van der Waals surface area (Å²) in [6.45, 7) is 6.69. The molecule has 1 aromatic rings. The third-order valence-electron chi connectivity index (χ3n) is 2.66. The second-order valence-corrected chi connectivity index (χ2v) is 10.0. The number of para-hydroxylation sites is 1. The van der Waals surface area contributed by atoms with Crippen LogP contribution in [0, 0.1) is 0 Å². The molecule has 0 saturated heterocycles. The standard InChI is InChI=1S/C10H14N.2CH3.Ga/c1-3-11(4-2)10-8-6-5-7-9-10;;;/h5-8H,3-4H2,1-2H3;2*1H3;. The van der Waals surface area contributed by atoms with Gasteiger partial charge in [-0.2, -0.15) is 0 Å². The van der Waals surface area contributed by atoms with Crippen LogP contribution in [0.1, 0.15) is 13.8 Å². The molecule has 1 nitrogen and oxygen atoms in total. The van der Waals surface area contributed by atoms with E-state index in [2.05, 4.69) is 54.0 Å². The minimum atomic E-state index is -1.15. The van der Waals surface area contributed by atoms with E-state index in [9.17, 15) is 0 Å². The zero-order chi connectivity index (χ0) is 10.6. The Morgan fingerprint density at radius 3 is 2.14 bits per heavy atom. The molecule has 0 fully saturated rings. The monoisotopic (exact) mass is 247 g/mol. The average molecular weight is 248 g/mol. The quantitative estimate of drug-likeness (QED) is 0.740. The second-order valence-electron chi connectivity index (χ2n) is 3.89. The van der Waals surface area contributed by atoms with Crippen LogP contribution in [0.25, 0.3) is 0 Å². The van der Waals surface area contributed by atoms with Gasteiger partial charge in [-0.3, -0.25) is 0 Å². The van der Waals surface area contributed by atoms with Crippen LogP contribution in [0.2, 0.25) is 11.0 Å². The van der Waals surface area contributed by atoms with Gasteiger partial charge in [0.15, 0.2) is 0 Å². The van der Waals surface area contributed by atoms with Gasteiger partial charge in [0, 0.05) is 0 Å². The summed E-state index contributed by atoms with van der Waals surface area (Å²) in [7, 11) is 0. The summed E-state index contributed by atoms with van der Waals surface area (Å²) < 4.78 is 1.64. The molecule has 0 saturated carbocycles. The molecule has 1 aromatic carbocycles. The first-order valence-electron chi connectivity index (χ1n) is 5.54. The molecule has 0 heterocycles. The van der Waals surface area contributed by atoms with E-state index < -0.39 is 16.2 Å². The van der Waals surface area contributed by atoms with Crippen LogP contribution in [-0.4, -0.2) is 29.3 Å². The predicted octanol–water partition coefficient (Wildman–Crippen LogP) is 2.49.